The average molecular weight is 342 g/mol. The van der Waals surface area contributed by atoms with Gasteiger partial charge in [0.2, 0.25) is 5.91 Å². The number of aliphatic carboxylic acids is 1. The number of nitrogens with one attached hydrogen (secondary N) is 1. The predicted octanol–water partition coefficient (Wildman–Crippen LogP) is 2.45. The zero-order valence-corrected chi connectivity index (χ0v) is 12.8. The van der Waals surface area contributed by atoms with Crippen LogP contribution < -0.4 is 10.1 Å². The number of benzene rings is 1. The fraction of sp³-hybridized carbons (Fsp3) is 0.286. The van der Waals surface area contributed by atoms with Crippen LogP contribution in [0, 0.1) is 0 Å². The molecule has 1 rings (SSSR count). The van der Waals surface area contributed by atoms with Gasteiger partial charge >= 0.3 is 5.97 Å². The van der Waals surface area contributed by atoms with Gasteiger partial charge < -0.3 is 15.2 Å². The Hall–Kier alpha value is -1.82. The van der Waals surface area contributed by atoms with Gasteiger partial charge in [-0.15, -0.1) is 0 Å². The molecule has 0 aliphatic heterocycles. The molecule has 20 heavy (non-hydrogen) atoms. The van der Waals surface area contributed by atoms with Crippen molar-refractivity contribution in [3.05, 3.63) is 34.3 Å². The lowest BCUT2D eigenvalue weighted by Crippen LogP contribution is -2.39. The van der Waals surface area contributed by atoms with Crippen LogP contribution in [-0.4, -0.2) is 30.1 Å². The van der Waals surface area contributed by atoms with Gasteiger partial charge in [-0.2, -0.15) is 0 Å². The molecule has 1 aromatic rings. The molecule has 1 atom stereocenters. The van der Waals surface area contributed by atoms with Crippen LogP contribution in [0.25, 0.3) is 6.08 Å². The lowest BCUT2D eigenvalue weighted by molar-refractivity contribution is -0.141. The molecule has 0 aliphatic rings. The van der Waals surface area contributed by atoms with Gasteiger partial charge in [-0.1, -0.05) is 22.9 Å². The third kappa shape index (κ3) is 4.70. The highest BCUT2D eigenvalue weighted by molar-refractivity contribution is 9.10. The van der Waals surface area contributed by atoms with Gasteiger partial charge in [-0.25, -0.2) is 4.79 Å². The molecule has 1 unspecified atom stereocenters. The minimum Gasteiger partial charge on any atom is -0.496 e. The molecule has 0 spiro atoms. The lowest BCUT2D eigenvalue weighted by Gasteiger charge is -2.10. The normalized spacial score (nSPS) is 12.2. The van der Waals surface area contributed by atoms with Crippen LogP contribution in [0.3, 0.4) is 0 Å². The summed E-state index contributed by atoms with van der Waals surface area (Å²) in [5.41, 5.74) is 0.723. The van der Waals surface area contributed by atoms with E-state index in [0.717, 1.165) is 10.0 Å². The van der Waals surface area contributed by atoms with Crippen LogP contribution >= 0.6 is 15.9 Å². The van der Waals surface area contributed by atoms with Crippen LogP contribution in [0.5, 0.6) is 5.75 Å². The second kappa shape index (κ2) is 7.69. The molecule has 6 heteroatoms. The third-order valence-electron chi connectivity index (χ3n) is 2.63. The van der Waals surface area contributed by atoms with Crippen molar-refractivity contribution in [2.75, 3.05) is 7.11 Å². The first-order chi connectivity index (χ1) is 9.47. The van der Waals surface area contributed by atoms with Gasteiger partial charge in [0.1, 0.15) is 11.8 Å². The molecule has 2 N–H and O–H groups in total. The minimum absolute atomic E-state index is 0.328. The number of hydrogen-bond acceptors (Lipinski definition) is 3. The number of hydrogen-bond donors (Lipinski definition) is 2. The number of carboxylic acids is 1. The SMILES string of the molecule is CCC(NC(=O)/C=C/c1cc(Br)ccc1OC)C(=O)O. The molecule has 1 amide bonds. The van der Waals surface area contributed by atoms with Crippen molar-refractivity contribution in [2.45, 2.75) is 19.4 Å². The Morgan fingerprint density at radius 1 is 1.50 bits per heavy atom. The van der Waals surface area contributed by atoms with Gasteiger partial charge in [-0.3, -0.25) is 4.79 Å². The van der Waals surface area contributed by atoms with Gasteiger partial charge in [0.05, 0.1) is 7.11 Å². The van der Waals surface area contributed by atoms with E-state index >= 15 is 0 Å². The standard InChI is InChI=1S/C14H16BrNO4/c1-3-11(14(18)19)16-13(17)7-4-9-8-10(15)5-6-12(9)20-2/h4-8,11H,3H2,1-2H3,(H,16,17)(H,18,19)/b7-4+. The van der Waals surface area contributed by atoms with Crippen LogP contribution in [-0.2, 0) is 9.59 Å². The predicted molar refractivity (Wildman–Crippen MR) is 79.6 cm³/mol. The highest BCUT2D eigenvalue weighted by Crippen LogP contribution is 2.23. The summed E-state index contributed by atoms with van der Waals surface area (Å²) < 4.78 is 6.03. The zero-order valence-electron chi connectivity index (χ0n) is 11.2. The zero-order chi connectivity index (χ0) is 15.1. The van der Waals surface area contributed by atoms with Crippen molar-refractivity contribution in [1.82, 2.24) is 5.32 Å². The van der Waals surface area contributed by atoms with Crippen molar-refractivity contribution in [3.63, 3.8) is 0 Å². The molecule has 0 radical (unpaired) electrons. The quantitative estimate of drug-likeness (QED) is 0.779. The number of amides is 1. The van der Waals surface area contributed by atoms with E-state index in [1.54, 1.807) is 25.1 Å². The molecule has 0 saturated heterocycles. The van der Waals surface area contributed by atoms with Crippen molar-refractivity contribution in [3.8, 4) is 5.75 Å². The Labute approximate surface area is 125 Å². The topological polar surface area (TPSA) is 75.6 Å². The van der Waals surface area contributed by atoms with Crippen LogP contribution in [0.1, 0.15) is 18.9 Å². The number of carboxylic acid groups (broad SMARTS) is 1. The van der Waals surface area contributed by atoms with E-state index in [0.29, 0.717) is 12.2 Å². The summed E-state index contributed by atoms with van der Waals surface area (Å²) in [4.78, 5) is 22.5. The largest absolute Gasteiger partial charge is 0.496 e. The molecule has 0 aromatic heterocycles. The minimum atomic E-state index is -1.05. The van der Waals surface area contributed by atoms with Crippen molar-refractivity contribution in [2.24, 2.45) is 0 Å². The molecule has 108 valence electrons. The number of rotatable bonds is 6. The van der Waals surface area contributed by atoms with E-state index in [1.165, 1.54) is 13.2 Å². The number of carbonyl (C=O) groups excluding carboxylic acids is 1. The number of methoxy groups -OCH3 is 1. The van der Waals surface area contributed by atoms with Gasteiger partial charge in [0.25, 0.3) is 0 Å². The maximum absolute atomic E-state index is 11.7. The third-order valence-corrected chi connectivity index (χ3v) is 3.12. The maximum atomic E-state index is 11.7. The molecule has 0 bridgehead atoms. The summed E-state index contributed by atoms with van der Waals surface area (Å²) in [5.74, 6) is -0.877. The van der Waals surface area contributed by atoms with E-state index in [9.17, 15) is 9.59 Å². The van der Waals surface area contributed by atoms with E-state index in [4.69, 9.17) is 9.84 Å². The highest BCUT2D eigenvalue weighted by atomic mass is 79.9. The molecule has 5 nitrogen and oxygen atoms in total. The second-order valence-corrected chi connectivity index (χ2v) is 4.94. The van der Waals surface area contributed by atoms with Gasteiger partial charge in [0.15, 0.2) is 0 Å². The number of ether oxygens (including phenoxy) is 1. The van der Waals surface area contributed by atoms with E-state index in [2.05, 4.69) is 21.2 Å². The lowest BCUT2D eigenvalue weighted by atomic mass is 10.2. The first kappa shape index (κ1) is 16.2. The summed E-state index contributed by atoms with van der Waals surface area (Å²) >= 11 is 3.34. The second-order valence-electron chi connectivity index (χ2n) is 4.03. The average Bonchev–Trinajstić information content (AvgIpc) is 2.42. The summed E-state index contributed by atoms with van der Waals surface area (Å²) in [6.07, 6.45) is 3.19. The Morgan fingerprint density at radius 3 is 2.75 bits per heavy atom. The maximum Gasteiger partial charge on any atom is 0.326 e. The summed E-state index contributed by atoms with van der Waals surface area (Å²) in [6.45, 7) is 1.69. The summed E-state index contributed by atoms with van der Waals surface area (Å²) in [7, 11) is 1.54. The molecule has 0 saturated carbocycles. The van der Waals surface area contributed by atoms with Gasteiger partial charge in [-0.05, 0) is 30.7 Å². The van der Waals surface area contributed by atoms with Crippen molar-refractivity contribution in [1.29, 1.82) is 0 Å². The molecule has 0 heterocycles. The molecule has 0 aliphatic carbocycles. The van der Waals surface area contributed by atoms with Gasteiger partial charge in [0, 0.05) is 16.1 Å². The fourth-order valence-corrected chi connectivity index (χ4v) is 1.94. The van der Waals surface area contributed by atoms with E-state index in [-0.39, 0.29) is 0 Å². The first-order valence-corrected chi connectivity index (χ1v) is 6.82. The smallest absolute Gasteiger partial charge is 0.326 e. The fourth-order valence-electron chi connectivity index (χ4n) is 1.56. The van der Waals surface area contributed by atoms with Crippen molar-refractivity contribution < 1.29 is 19.4 Å². The Bertz CT molecular complexity index is 528. The Kier molecular flexibility index (Phi) is 6.24. The van der Waals surface area contributed by atoms with Crippen LogP contribution in [0.2, 0.25) is 0 Å². The van der Waals surface area contributed by atoms with E-state index < -0.39 is 17.9 Å². The monoisotopic (exact) mass is 341 g/mol. The number of halogens is 1. The Morgan fingerprint density at radius 2 is 2.20 bits per heavy atom. The Balaban J connectivity index is 2.79. The van der Waals surface area contributed by atoms with Crippen LogP contribution in [0.15, 0.2) is 28.7 Å². The summed E-state index contributed by atoms with van der Waals surface area (Å²) in [6, 6.07) is 4.52. The number of carbonyl (C=O) groups is 2. The first-order valence-electron chi connectivity index (χ1n) is 6.02. The molecule has 0 fully saturated rings. The molecular formula is C14H16BrNO4. The van der Waals surface area contributed by atoms with E-state index in [1.807, 2.05) is 6.07 Å². The molecule has 1 aromatic carbocycles. The molecular weight excluding hydrogens is 326 g/mol. The highest BCUT2D eigenvalue weighted by Gasteiger charge is 2.15. The van der Waals surface area contributed by atoms with Crippen molar-refractivity contribution >= 4 is 33.9 Å². The van der Waals surface area contributed by atoms with Crippen LogP contribution in [0.4, 0.5) is 0 Å². The summed E-state index contributed by atoms with van der Waals surface area (Å²) in [5, 5.41) is 11.3.